The monoisotopic (exact) mass is 379 g/mol. The van der Waals surface area contributed by atoms with Crippen molar-refractivity contribution in [1.29, 1.82) is 0 Å². The first-order chi connectivity index (χ1) is 10.3. The Morgan fingerprint density at radius 3 is 2.59 bits per heavy atom. The van der Waals surface area contributed by atoms with Crippen molar-refractivity contribution >= 4 is 50.5 Å². The number of thiophene rings is 1. The summed E-state index contributed by atoms with van der Waals surface area (Å²) in [5.41, 5.74) is -0.315. The third-order valence-electron chi connectivity index (χ3n) is 2.79. The highest BCUT2D eigenvalue weighted by Crippen LogP contribution is 2.28. The van der Waals surface area contributed by atoms with E-state index in [0.29, 0.717) is 6.42 Å². The van der Waals surface area contributed by atoms with E-state index >= 15 is 0 Å². The topological polar surface area (TPSA) is 83.5 Å². The highest BCUT2D eigenvalue weighted by atomic mass is 35.5. The highest BCUT2D eigenvalue weighted by molar-refractivity contribution is 7.89. The molecular formula is C13H11Cl2NO4S2. The Bertz CT molecular complexity index is 789. The van der Waals surface area contributed by atoms with Crippen LogP contribution in [0.2, 0.25) is 10.0 Å². The number of hydrogen-bond donors (Lipinski definition) is 2. The largest absolute Gasteiger partial charge is 0.478 e. The second-order valence-electron chi connectivity index (χ2n) is 4.29. The molecule has 2 N–H and O–H groups in total. The van der Waals surface area contributed by atoms with E-state index in [1.54, 1.807) is 0 Å². The first kappa shape index (κ1) is 17.2. The molecule has 0 amide bonds. The van der Waals surface area contributed by atoms with Crippen LogP contribution in [-0.4, -0.2) is 26.0 Å². The molecule has 0 saturated heterocycles. The van der Waals surface area contributed by atoms with Gasteiger partial charge in [0.2, 0.25) is 10.0 Å². The van der Waals surface area contributed by atoms with Crippen LogP contribution in [0.1, 0.15) is 15.2 Å². The molecular weight excluding hydrogens is 369 g/mol. The van der Waals surface area contributed by atoms with Crippen molar-refractivity contribution in [3.05, 3.63) is 50.1 Å². The van der Waals surface area contributed by atoms with Crippen LogP contribution in [0.4, 0.5) is 0 Å². The molecule has 0 spiro atoms. The highest BCUT2D eigenvalue weighted by Gasteiger charge is 2.22. The lowest BCUT2D eigenvalue weighted by Crippen LogP contribution is -2.26. The zero-order valence-corrected chi connectivity index (χ0v) is 14.2. The van der Waals surface area contributed by atoms with Crippen LogP contribution in [0.25, 0.3) is 0 Å². The number of halogens is 2. The summed E-state index contributed by atoms with van der Waals surface area (Å²) in [6.45, 7) is 0.185. The van der Waals surface area contributed by atoms with Gasteiger partial charge in [0.15, 0.2) is 0 Å². The molecule has 0 atom stereocenters. The zero-order chi connectivity index (χ0) is 16.3. The number of sulfonamides is 1. The number of carboxylic acids is 1. The van der Waals surface area contributed by atoms with Crippen molar-refractivity contribution < 1.29 is 18.3 Å². The Hall–Kier alpha value is -1.12. The first-order valence-corrected chi connectivity index (χ1v) is 9.17. The molecule has 1 aromatic heterocycles. The van der Waals surface area contributed by atoms with Gasteiger partial charge in [0.25, 0.3) is 0 Å². The van der Waals surface area contributed by atoms with Crippen LogP contribution in [0.5, 0.6) is 0 Å². The van der Waals surface area contributed by atoms with Gasteiger partial charge in [-0.25, -0.2) is 17.9 Å². The van der Waals surface area contributed by atoms with E-state index in [0.717, 1.165) is 17.0 Å². The fourth-order valence-corrected chi connectivity index (χ4v) is 4.33. The summed E-state index contributed by atoms with van der Waals surface area (Å²) in [4.78, 5) is 11.8. The summed E-state index contributed by atoms with van der Waals surface area (Å²) >= 11 is 13.1. The number of nitrogens with one attached hydrogen (secondary N) is 1. The molecule has 1 aromatic carbocycles. The Morgan fingerprint density at radius 2 is 2.00 bits per heavy atom. The number of carboxylic acid groups (broad SMARTS) is 1. The van der Waals surface area contributed by atoms with E-state index in [1.807, 2.05) is 17.5 Å². The Labute approximate surface area is 141 Å². The minimum Gasteiger partial charge on any atom is -0.478 e. The van der Waals surface area contributed by atoms with Crippen molar-refractivity contribution in [1.82, 2.24) is 4.72 Å². The summed E-state index contributed by atoms with van der Waals surface area (Å²) in [7, 11) is -3.92. The van der Waals surface area contributed by atoms with Crippen LogP contribution in [0.15, 0.2) is 34.5 Å². The second-order valence-corrected chi connectivity index (χ2v) is 7.88. The lowest BCUT2D eigenvalue weighted by Gasteiger charge is -2.10. The predicted molar refractivity (Wildman–Crippen MR) is 86.6 cm³/mol. The second kappa shape index (κ2) is 6.97. The van der Waals surface area contributed by atoms with Crippen molar-refractivity contribution in [2.75, 3.05) is 6.54 Å². The van der Waals surface area contributed by atoms with Gasteiger partial charge in [-0.05, 0) is 30.0 Å². The molecule has 0 radical (unpaired) electrons. The molecule has 118 valence electrons. The number of carbonyl (C=O) groups is 1. The van der Waals surface area contributed by atoms with E-state index < -0.39 is 16.0 Å². The lowest BCUT2D eigenvalue weighted by molar-refractivity contribution is 0.0697. The molecule has 0 aliphatic heterocycles. The van der Waals surface area contributed by atoms with Gasteiger partial charge in [0, 0.05) is 11.4 Å². The first-order valence-electron chi connectivity index (χ1n) is 6.05. The van der Waals surface area contributed by atoms with Gasteiger partial charge in [-0.3, -0.25) is 0 Å². The maximum absolute atomic E-state index is 12.2. The van der Waals surface area contributed by atoms with Crippen LogP contribution in [0, 0.1) is 0 Å². The average molecular weight is 380 g/mol. The van der Waals surface area contributed by atoms with E-state index in [1.165, 1.54) is 11.3 Å². The number of aromatic carboxylic acids is 1. The van der Waals surface area contributed by atoms with Gasteiger partial charge in [-0.15, -0.1) is 11.3 Å². The van der Waals surface area contributed by atoms with E-state index in [9.17, 15) is 13.2 Å². The van der Waals surface area contributed by atoms with E-state index in [2.05, 4.69) is 4.72 Å². The summed E-state index contributed by atoms with van der Waals surface area (Å²) < 4.78 is 26.9. The zero-order valence-electron chi connectivity index (χ0n) is 11.0. The smallest absolute Gasteiger partial charge is 0.337 e. The third-order valence-corrected chi connectivity index (χ3v) is 5.96. The molecule has 0 aliphatic carbocycles. The van der Waals surface area contributed by atoms with Crippen molar-refractivity contribution in [3.63, 3.8) is 0 Å². The minimum atomic E-state index is -3.92. The van der Waals surface area contributed by atoms with Gasteiger partial charge in [-0.1, -0.05) is 29.3 Å². The molecule has 0 fully saturated rings. The molecule has 0 saturated carbocycles. The Balaban J connectivity index is 2.21. The standard InChI is InChI=1S/C13H11Cl2NO4S2/c14-10-7-11(15)12(6-9(10)13(17)18)22(19,20)16-4-3-8-2-1-5-21-8/h1-2,5-7,16H,3-4H2,(H,17,18). The SMILES string of the molecule is O=C(O)c1cc(S(=O)(=O)NCCc2cccs2)c(Cl)cc1Cl. The van der Waals surface area contributed by atoms with Gasteiger partial charge in [0.05, 0.1) is 15.6 Å². The number of rotatable bonds is 6. The van der Waals surface area contributed by atoms with Crippen molar-refractivity contribution in [2.45, 2.75) is 11.3 Å². The molecule has 1 heterocycles. The number of benzene rings is 1. The Morgan fingerprint density at radius 1 is 1.27 bits per heavy atom. The molecule has 0 bridgehead atoms. The quantitative estimate of drug-likeness (QED) is 0.806. The fraction of sp³-hybridized carbons (Fsp3) is 0.154. The van der Waals surface area contributed by atoms with Gasteiger partial charge in [-0.2, -0.15) is 0 Å². The summed E-state index contributed by atoms with van der Waals surface area (Å²) in [5.74, 6) is -1.32. The molecule has 22 heavy (non-hydrogen) atoms. The average Bonchev–Trinajstić information content (AvgIpc) is 2.90. The molecule has 0 unspecified atom stereocenters. The van der Waals surface area contributed by atoms with Gasteiger partial charge < -0.3 is 5.11 Å². The minimum absolute atomic E-state index is 0.116. The maximum atomic E-state index is 12.2. The normalized spacial score (nSPS) is 11.5. The fourth-order valence-electron chi connectivity index (χ4n) is 1.74. The summed E-state index contributed by atoms with van der Waals surface area (Å²) in [5, 5.41) is 10.7. The summed E-state index contributed by atoms with van der Waals surface area (Å²) in [6.07, 6.45) is 0.536. The van der Waals surface area contributed by atoms with Gasteiger partial charge >= 0.3 is 5.97 Å². The third kappa shape index (κ3) is 3.99. The molecule has 9 heteroatoms. The van der Waals surface area contributed by atoms with Crippen molar-refractivity contribution in [3.8, 4) is 0 Å². The van der Waals surface area contributed by atoms with Gasteiger partial charge in [0.1, 0.15) is 4.90 Å². The molecule has 5 nitrogen and oxygen atoms in total. The van der Waals surface area contributed by atoms with Crippen molar-refractivity contribution in [2.24, 2.45) is 0 Å². The number of hydrogen-bond acceptors (Lipinski definition) is 4. The molecule has 0 aliphatic rings. The van der Waals surface area contributed by atoms with Crippen LogP contribution in [-0.2, 0) is 16.4 Å². The lowest BCUT2D eigenvalue weighted by atomic mass is 10.2. The predicted octanol–water partition coefficient (Wildman–Crippen LogP) is 3.27. The molecule has 2 rings (SSSR count). The van der Waals surface area contributed by atoms with E-state index in [-0.39, 0.29) is 27.0 Å². The maximum Gasteiger partial charge on any atom is 0.337 e. The van der Waals surface area contributed by atoms with Crippen LogP contribution >= 0.6 is 34.5 Å². The van der Waals surface area contributed by atoms with Crippen LogP contribution < -0.4 is 4.72 Å². The Kier molecular flexibility index (Phi) is 5.46. The molecule has 2 aromatic rings. The van der Waals surface area contributed by atoms with Crippen LogP contribution in [0.3, 0.4) is 0 Å². The van der Waals surface area contributed by atoms with E-state index in [4.69, 9.17) is 28.3 Å². The summed E-state index contributed by atoms with van der Waals surface area (Å²) in [6, 6.07) is 5.85.